The van der Waals surface area contributed by atoms with E-state index in [4.69, 9.17) is 11.6 Å². The summed E-state index contributed by atoms with van der Waals surface area (Å²) in [5.41, 5.74) is 1.59. The summed E-state index contributed by atoms with van der Waals surface area (Å²) in [4.78, 5) is 48.5. The van der Waals surface area contributed by atoms with Crippen molar-refractivity contribution < 1.29 is 19.5 Å². The predicted octanol–water partition coefficient (Wildman–Crippen LogP) is 4.16. The Morgan fingerprint density at radius 1 is 0.976 bits per heavy atom. The third-order valence-electron chi connectivity index (χ3n) is 8.85. The highest BCUT2D eigenvalue weighted by molar-refractivity contribution is 8.02. The molecule has 41 heavy (non-hydrogen) atoms. The van der Waals surface area contributed by atoms with Crippen molar-refractivity contribution in [2.24, 2.45) is 17.8 Å². The van der Waals surface area contributed by atoms with Gasteiger partial charge < -0.3 is 19.8 Å². The maximum Gasteiger partial charge on any atom is 0.251 e. The van der Waals surface area contributed by atoms with Gasteiger partial charge in [-0.15, -0.1) is 11.8 Å². The molecule has 1 unspecified atom stereocenters. The second-order valence-corrected chi connectivity index (χ2v) is 13.4. The van der Waals surface area contributed by atoms with E-state index in [0.29, 0.717) is 30.3 Å². The maximum absolute atomic E-state index is 14.6. The zero-order valence-electron chi connectivity index (χ0n) is 23.1. The fourth-order valence-corrected chi connectivity index (χ4v) is 9.17. The summed E-state index contributed by atoms with van der Waals surface area (Å²) in [5, 5.41) is 10.7. The van der Waals surface area contributed by atoms with Crippen molar-refractivity contribution >= 4 is 46.8 Å². The Balaban J connectivity index is 1.45. The lowest BCUT2D eigenvalue weighted by Gasteiger charge is -2.39. The van der Waals surface area contributed by atoms with Gasteiger partial charge >= 0.3 is 0 Å². The molecule has 0 saturated carbocycles. The topological polar surface area (TPSA) is 81.2 Å². The zero-order valence-corrected chi connectivity index (χ0v) is 24.7. The van der Waals surface area contributed by atoms with Crippen LogP contribution in [-0.2, 0) is 20.9 Å². The molecule has 4 aliphatic heterocycles. The molecule has 1 spiro atoms. The van der Waals surface area contributed by atoms with E-state index in [9.17, 15) is 19.5 Å². The molecule has 1 N–H and O–H groups in total. The molecule has 2 fully saturated rings. The van der Waals surface area contributed by atoms with Crippen LogP contribution < -0.4 is 4.90 Å². The van der Waals surface area contributed by atoms with Gasteiger partial charge in [-0.3, -0.25) is 14.4 Å². The van der Waals surface area contributed by atoms with Gasteiger partial charge in [0.25, 0.3) is 5.91 Å². The first-order valence-electron chi connectivity index (χ1n) is 14.1. The highest BCUT2D eigenvalue weighted by Gasteiger charge is 2.72. The fraction of sp³-hybridized carbons (Fsp3) is 0.406. The van der Waals surface area contributed by atoms with Gasteiger partial charge in [0.15, 0.2) is 0 Å². The van der Waals surface area contributed by atoms with Gasteiger partial charge in [0.05, 0.1) is 39.9 Å². The molecule has 0 radical (unpaired) electrons. The molecule has 4 aliphatic rings. The number of hydrogen-bond donors (Lipinski definition) is 1. The van der Waals surface area contributed by atoms with Gasteiger partial charge in [0.2, 0.25) is 11.8 Å². The second-order valence-electron chi connectivity index (χ2n) is 11.5. The highest BCUT2D eigenvalue weighted by atomic mass is 35.5. The molecule has 0 aromatic heterocycles. The zero-order chi connectivity index (χ0) is 28.9. The molecule has 4 heterocycles. The number of amides is 3. The number of fused-ring (bicyclic) bond motifs is 2. The molecule has 214 valence electrons. The predicted molar refractivity (Wildman–Crippen MR) is 161 cm³/mol. The quantitative estimate of drug-likeness (QED) is 0.511. The van der Waals surface area contributed by atoms with Crippen LogP contribution in [0.25, 0.3) is 0 Å². The number of aliphatic hydroxyl groups excluding tert-OH is 1. The van der Waals surface area contributed by atoms with Crippen molar-refractivity contribution in [2.75, 3.05) is 24.6 Å². The van der Waals surface area contributed by atoms with Crippen molar-refractivity contribution in [3.05, 3.63) is 89.5 Å². The molecule has 2 aromatic rings. The minimum Gasteiger partial charge on any atom is -0.394 e. The van der Waals surface area contributed by atoms with Gasteiger partial charge in [-0.05, 0) is 23.6 Å². The number of hydrogen-bond acceptors (Lipinski definition) is 5. The van der Waals surface area contributed by atoms with E-state index in [0.717, 1.165) is 5.56 Å². The van der Waals surface area contributed by atoms with Crippen LogP contribution in [-0.4, -0.2) is 74.4 Å². The molecular formula is C32H34ClN3O4S. The van der Waals surface area contributed by atoms with Gasteiger partial charge in [-0.2, -0.15) is 0 Å². The van der Waals surface area contributed by atoms with E-state index in [1.54, 1.807) is 33.7 Å². The SMILES string of the molecule is CC(C)[C@H](CO)N1C(=O)[C@@H]2[C@@H]3C(=O)N(Cc4ccccc4)CC=C[C@@H]3S[C@@]23C=CCN(c2ccccc2Cl)C(=O)C13. The Morgan fingerprint density at radius 2 is 1.71 bits per heavy atom. The number of para-hydroxylation sites is 1. The number of rotatable bonds is 6. The van der Waals surface area contributed by atoms with E-state index in [2.05, 4.69) is 0 Å². The van der Waals surface area contributed by atoms with E-state index in [-0.39, 0.29) is 35.5 Å². The summed E-state index contributed by atoms with van der Waals surface area (Å²) in [6.07, 6.45) is 7.98. The van der Waals surface area contributed by atoms with Crippen LogP contribution in [0.5, 0.6) is 0 Å². The molecule has 9 heteroatoms. The summed E-state index contributed by atoms with van der Waals surface area (Å²) in [6.45, 7) is 4.80. The lowest BCUT2D eigenvalue weighted by molar-refractivity contribution is -0.145. The number of aliphatic hydroxyl groups is 1. The normalized spacial score (nSPS) is 29.9. The Kier molecular flexibility index (Phi) is 7.51. The van der Waals surface area contributed by atoms with Crippen molar-refractivity contribution in [3.8, 4) is 0 Å². The monoisotopic (exact) mass is 591 g/mol. The minimum atomic E-state index is -0.961. The average molecular weight is 592 g/mol. The molecular weight excluding hydrogens is 558 g/mol. The van der Waals surface area contributed by atoms with Gasteiger partial charge in [-0.1, -0.05) is 92.2 Å². The highest BCUT2D eigenvalue weighted by Crippen LogP contribution is 2.61. The minimum absolute atomic E-state index is 0.0784. The second kappa shape index (κ2) is 11.0. The molecule has 6 atom stereocenters. The number of thioether (sulfide) groups is 1. The molecule has 3 amide bonds. The smallest absolute Gasteiger partial charge is 0.251 e. The third kappa shape index (κ3) is 4.51. The van der Waals surface area contributed by atoms with Crippen molar-refractivity contribution in [1.29, 1.82) is 0 Å². The Labute approximate surface area is 249 Å². The lowest BCUT2D eigenvalue weighted by Crippen LogP contribution is -2.57. The van der Waals surface area contributed by atoms with Crippen LogP contribution in [0.2, 0.25) is 5.02 Å². The first-order valence-corrected chi connectivity index (χ1v) is 15.4. The van der Waals surface area contributed by atoms with Crippen LogP contribution in [0.3, 0.4) is 0 Å². The fourth-order valence-electron chi connectivity index (χ4n) is 6.94. The first kappa shape index (κ1) is 28.1. The van der Waals surface area contributed by atoms with E-state index < -0.39 is 28.7 Å². The third-order valence-corrected chi connectivity index (χ3v) is 10.9. The number of nitrogens with zero attached hydrogens (tertiary/aromatic N) is 3. The van der Waals surface area contributed by atoms with Gasteiger partial charge in [0.1, 0.15) is 6.04 Å². The van der Waals surface area contributed by atoms with Gasteiger partial charge in [0, 0.05) is 24.9 Å². The first-order chi connectivity index (χ1) is 19.8. The van der Waals surface area contributed by atoms with Crippen LogP contribution in [0.1, 0.15) is 19.4 Å². The summed E-state index contributed by atoms with van der Waals surface area (Å²) in [7, 11) is 0. The summed E-state index contributed by atoms with van der Waals surface area (Å²) in [6, 6.07) is 15.6. The summed E-state index contributed by atoms with van der Waals surface area (Å²) < 4.78 is -0.961. The van der Waals surface area contributed by atoms with E-state index >= 15 is 0 Å². The standard InChI is InChI=1S/C32H34ClN3O4S/c1-20(2)24(19-37)36-28-31(40)35(23-13-7-6-12-22(23)33)17-9-15-32(28)27(30(36)39)26-25(41-32)14-8-16-34(29(26)38)18-21-10-4-3-5-11-21/h3-15,20,24-28,37H,16-19H2,1-2H3/t24-,25-,26+,27-,28?,32-/m0/s1. The summed E-state index contributed by atoms with van der Waals surface area (Å²) >= 11 is 8.09. The molecule has 0 aliphatic carbocycles. The molecule has 7 nitrogen and oxygen atoms in total. The number of anilines is 1. The number of halogens is 1. The number of benzene rings is 2. The maximum atomic E-state index is 14.6. The van der Waals surface area contributed by atoms with Crippen molar-refractivity contribution in [3.63, 3.8) is 0 Å². The van der Waals surface area contributed by atoms with Gasteiger partial charge in [-0.25, -0.2) is 0 Å². The largest absolute Gasteiger partial charge is 0.394 e. The van der Waals surface area contributed by atoms with Crippen molar-refractivity contribution in [2.45, 2.75) is 42.5 Å². The number of carbonyl (C=O) groups is 3. The Bertz CT molecular complexity index is 1410. The van der Waals surface area contributed by atoms with E-state index in [1.165, 1.54) is 0 Å². The lowest BCUT2D eigenvalue weighted by atomic mass is 9.78. The Morgan fingerprint density at radius 3 is 2.41 bits per heavy atom. The van der Waals surface area contributed by atoms with Crippen LogP contribution >= 0.6 is 23.4 Å². The molecule has 2 saturated heterocycles. The summed E-state index contributed by atoms with van der Waals surface area (Å²) in [5.74, 6) is -2.04. The number of carbonyl (C=O) groups excluding carboxylic acids is 3. The van der Waals surface area contributed by atoms with Crippen LogP contribution in [0.15, 0.2) is 78.9 Å². The molecule has 0 bridgehead atoms. The molecule has 6 rings (SSSR count). The molecule has 2 aromatic carbocycles. The number of likely N-dealkylation sites (tertiary alicyclic amines) is 1. The Hall–Kier alpha value is -3.07. The van der Waals surface area contributed by atoms with E-state index in [1.807, 2.05) is 85.5 Å². The average Bonchev–Trinajstić information content (AvgIpc) is 3.28. The van der Waals surface area contributed by atoms with Crippen LogP contribution in [0, 0.1) is 17.8 Å². The van der Waals surface area contributed by atoms with Crippen LogP contribution in [0.4, 0.5) is 5.69 Å². The van der Waals surface area contributed by atoms with Crippen molar-refractivity contribution in [1.82, 2.24) is 9.80 Å².